The molecule has 0 aliphatic carbocycles. The lowest BCUT2D eigenvalue weighted by Crippen LogP contribution is -2.43. The maximum absolute atomic E-state index is 11.7. The predicted octanol–water partition coefficient (Wildman–Crippen LogP) is 1.26. The summed E-state index contributed by atoms with van der Waals surface area (Å²) in [7, 11) is 1.75. The van der Waals surface area contributed by atoms with Crippen LogP contribution < -0.4 is 10.6 Å². The Labute approximate surface area is 123 Å². The molecule has 0 bridgehead atoms. The molecule has 2 fully saturated rings. The average Bonchev–Trinajstić information content (AvgIpc) is 2.45. The number of hydrogen-bond acceptors (Lipinski definition) is 3. The predicted molar refractivity (Wildman–Crippen MR) is 80.7 cm³/mol. The van der Waals surface area contributed by atoms with Crippen molar-refractivity contribution in [3.8, 4) is 0 Å². The van der Waals surface area contributed by atoms with Crippen LogP contribution in [0.4, 0.5) is 0 Å². The molecular formula is C14H28ClN3O. The first-order valence-electron chi connectivity index (χ1n) is 7.44. The third-order valence-electron chi connectivity index (χ3n) is 4.44. The zero-order chi connectivity index (χ0) is 12.8. The summed E-state index contributed by atoms with van der Waals surface area (Å²) in [6.45, 7) is 5.69. The summed E-state index contributed by atoms with van der Waals surface area (Å²) in [5, 5.41) is 6.20. The van der Waals surface area contributed by atoms with Crippen LogP contribution in [0.25, 0.3) is 0 Å². The van der Waals surface area contributed by atoms with E-state index in [2.05, 4.69) is 15.5 Å². The molecule has 19 heavy (non-hydrogen) atoms. The van der Waals surface area contributed by atoms with E-state index in [9.17, 15) is 4.79 Å². The molecule has 0 saturated carbocycles. The second-order valence-electron chi connectivity index (χ2n) is 5.74. The second-order valence-corrected chi connectivity index (χ2v) is 5.74. The van der Waals surface area contributed by atoms with Gasteiger partial charge < -0.3 is 15.5 Å². The molecule has 1 atom stereocenters. The minimum absolute atomic E-state index is 0. The molecular weight excluding hydrogens is 262 g/mol. The zero-order valence-electron chi connectivity index (χ0n) is 12.0. The quantitative estimate of drug-likeness (QED) is 0.819. The van der Waals surface area contributed by atoms with E-state index in [-0.39, 0.29) is 24.2 Å². The maximum Gasteiger partial charge on any atom is 0.224 e. The maximum atomic E-state index is 11.7. The summed E-state index contributed by atoms with van der Waals surface area (Å²) in [6.07, 6.45) is 6.19. The molecule has 0 aromatic heterocycles. The van der Waals surface area contributed by atoms with Gasteiger partial charge in [0.25, 0.3) is 0 Å². The summed E-state index contributed by atoms with van der Waals surface area (Å²) in [5.41, 5.74) is 0. The van der Waals surface area contributed by atoms with Crippen LogP contribution in [0.2, 0.25) is 0 Å². The summed E-state index contributed by atoms with van der Waals surface area (Å²) in [6, 6.07) is 0. The minimum Gasteiger partial charge on any atom is -0.359 e. The highest BCUT2D eigenvalue weighted by Crippen LogP contribution is 2.20. The first-order chi connectivity index (χ1) is 8.79. The van der Waals surface area contributed by atoms with Gasteiger partial charge in [0, 0.05) is 13.6 Å². The molecule has 0 aromatic rings. The van der Waals surface area contributed by atoms with Gasteiger partial charge in [-0.3, -0.25) is 4.79 Å². The first kappa shape index (κ1) is 16.7. The molecule has 2 N–H and O–H groups in total. The van der Waals surface area contributed by atoms with Gasteiger partial charge in [0.15, 0.2) is 0 Å². The van der Waals surface area contributed by atoms with Crippen molar-refractivity contribution in [1.29, 1.82) is 0 Å². The van der Waals surface area contributed by atoms with Gasteiger partial charge in [-0.05, 0) is 64.2 Å². The molecule has 112 valence electrons. The molecule has 4 nitrogen and oxygen atoms in total. The highest BCUT2D eigenvalue weighted by molar-refractivity contribution is 5.85. The summed E-state index contributed by atoms with van der Waals surface area (Å²) >= 11 is 0. The van der Waals surface area contributed by atoms with E-state index in [0.717, 1.165) is 18.9 Å². The van der Waals surface area contributed by atoms with Crippen molar-refractivity contribution in [2.75, 3.05) is 39.8 Å². The van der Waals surface area contributed by atoms with Gasteiger partial charge in [-0.25, -0.2) is 0 Å². The summed E-state index contributed by atoms with van der Waals surface area (Å²) in [4.78, 5) is 14.2. The van der Waals surface area contributed by atoms with Crippen LogP contribution in [0.3, 0.4) is 0 Å². The first-order valence-corrected chi connectivity index (χ1v) is 7.44. The zero-order valence-corrected chi connectivity index (χ0v) is 12.8. The number of carbonyl (C=O) groups is 1. The number of carbonyl (C=O) groups excluding carboxylic acids is 1. The van der Waals surface area contributed by atoms with E-state index in [0.29, 0.717) is 0 Å². The van der Waals surface area contributed by atoms with Crippen molar-refractivity contribution < 1.29 is 4.79 Å². The topological polar surface area (TPSA) is 44.4 Å². The summed E-state index contributed by atoms with van der Waals surface area (Å²) < 4.78 is 0. The van der Waals surface area contributed by atoms with Gasteiger partial charge in [-0.2, -0.15) is 0 Å². The van der Waals surface area contributed by atoms with Crippen molar-refractivity contribution in [2.45, 2.75) is 32.1 Å². The highest BCUT2D eigenvalue weighted by Gasteiger charge is 2.25. The van der Waals surface area contributed by atoms with Crippen LogP contribution in [-0.2, 0) is 4.79 Å². The van der Waals surface area contributed by atoms with Crippen molar-refractivity contribution in [3.63, 3.8) is 0 Å². The molecule has 0 radical (unpaired) electrons. The molecule has 2 rings (SSSR count). The minimum atomic E-state index is 0. The van der Waals surface area contributed by atoms with Gasteiger partial charge in [0.1, 0.15) is 0 Å². The Bertz CT molecular complexity index is 269. The molecule has 5 heteroatoms. The van der Waals surface area contributed by atoms with Gasteiger partial charge in [0.2, 0.25) is 5.91 Å². The van der Waals surface area contributed by atoms with Crippen LogP contribution in [0.15, 0.2) is 0 Å². The van der Waals surface area contributed by atoms with Gasteiger partial charge in [-0.15, -0.1) is 12.4 Å². The molecule has 1 unspecified atom stereocenters. The van der Waals surface area contributed by atoms with E-state index in [1.165, 1.54) is 51.9 Å². The van der Waals surface area contributed by atoms with Gasteiger partial charge in [-0.1, -0.05) is 0 Å². The van der Waals surface area contributed by atoms with Crippen molar-refractivity contribution in [3.05, 3.63) is 0 Å². The van der Waals surface area contributed by atoms with Crippen LogP contribution in [0.1, 0.15) is 32.1 Å². The number of rotatable bonds is 4. The Balaban J connectivity index is 0.00000180. The van der Waals surface area contributed by atoms with Crippen LogP contribution in [-0.4, -0.2) is 50.6 Å². The Morgan fingerprint density at radius 3 is 2.74 bits per heavy atom. The SMILES string of the molecule is CNC(=O)C1CCCN(CCC2CCNCC2)C1.Cl. The standard InChI is InChI=1S/C14H27N3O.ClH/c1-15-14(18)13-3-2-9-17(11-13)10-6-12-4-7-16-8-5-12;/h12-13,16H,2-11H2,1H3,(H,15,18);1H. The van der Waals surface area contributed by atoms with Crippen molar-refractivity contribution in [2.24, 2.45) is 11.8 Å². The highest BCUT2D eigenvalue weighted by atomic mass is 35.5. The Morgan fingerprint density at radius 2 is 2.05 bits per heavy atom. The fourth-order valence-corrected chi connectivity index (χ4v) is 3.21. The average molecular weight is 290 g/mol. The lowest BCUT2D eigenvalue weighted by Gasteiger charge is -2.33. The van der Waals surface area contributed by atoms with Crippen LogP contribution in [0.5, 0.6) is 0 Å². The van der Waals surface area contributed by atoms with Gasteiger partial charge >= 0.3 is 0 Å². The van der Waals surface area contributed by atoms with E-state index in [4.69, 9.17) is 0 Å². The fraction of sp³-hybridized carbons (Fsp3) is 0.929. The number of likely N-dealkylation sites (tertiary alicyclic amines) is 1. The monoisotopic (exact) mass is 289 g/mol. The molecule has 2 aliphatic rings. The number of nitrogens with one attached hydrogen (secondary N) is 2. The lowest BCUT2D eigenvalue weighted by atomic mass is 9.93. The number of amides is 1. The van der Waals surface area contributed by atoms with Crippen LogP contribution in [0, 0.1) is 11.8 Å². The normalized spacial score (nSPS) is 25.6. The van der Waals surface area contributed by atoms with Crippen molar-refractivity contribution >= 4 is 18.3 Å². The lowest BCUT2D eigenvalue weighted by molar-refractivity contribution is -0.126. The molecule has 2 heterocycles. The smallest absolute Gasteiger partial charge is 0.224 e. The number of hydrogen-bond donors (Lipinski definition) is 2. The number of nitrogens with zero attached hydrogens (tertiary/aromatic N) is 1. The molecule has 2 saturated heterocycles. The van der Waals surface area contributed by atoms with E-state index < -0.39 is 0 Å². The van der Waals surface area contributed by atoms with E-state index >= 15 is 0 Å². The van der Waals surface area contributed by atoms with E-state index in [1.807, 2.05) is 0 Å². The summed E-state index contributed by atoms with van der Waals surface area (Å²) in [5.74, 6) is 1.34. The van der Waals surface area contributed by atoms with Gasteiger partial charge in [0.05, 0.1) is 5.92 Å². The third-order valence-corrected chi connectivity index (χ3v) is 4.44. The Morgan fingerprint density at radius 1 is 1.32 bits per heavy atom. The van der Waals surface area contributed by atoms with Crippen molar-refractivity contribution in [1.82, 2.24) is 15.5 Å². The Hall–Kier alpha value is -0.320. The number of piperidine rings is 2. The molecule has 0 aromatic carbocycles. The Kier molecular flexibility index (Phi) is 7.73. The van der Waals surface area contributed by atoms with E-state index in [1.54, 1.807) is 7.05 Å². The number of halogens is 1. The molecule has 0 spiro atoms. The largest absolute Gasteiger partial charge is 0.359 e. The third kappa shape index (κ3) is 5.28. The molecule has 2 aliphatic heterocycles. The van der Waals surface area contributed by atoms with Crippen LogP contribution >= 0.6 is 12.4 Å². The second kappa shape index (κ2) is 8.77. The fourth-order valence-electron chi connectivity index (χ4n) is 3.21. The molecule has 1 amide bonds.